The number of aromatic hydroxyl groups is 1. The maximum absolute atomic E-state index is 9.89. The Morgan fingerprint density at radius 1 is 1.45 bits per heavy atom. The van der Waals surface area contributed by atoms with Crippen LogP contribution in [0.3, 0.4) is 0 Å². The minimum absolute atomic E-state index is 0.0554. The molecule has 6 nitrogen and oxygen atoms in total. The molecule has 0 aliphatic rings. The number of nitrogens with one attached hydrogen (secondary N) is 2. The summed E-state index contributed by atoms with van der Waals surface area (Å²) in [4.78, 5) is 4.08. The summed E-state index contributed by atoms with van der Waals surface area (Å²) in [5.41, 5.74) is 0.837. The molecule has 0 radical (unpaired) electrons. The van der Waals surface area contributed by atoms with Crippen LogP contribution < -0.4 is 10.1 Å². The number of phenols is 1. The average molecular weight is 276 g/mol. The van der Waals surface area contributed by atoms with E-state index in [4.69, 9.17) is 4.74 Å². The van der Waals surface area contributed by atoms with Crippen LogP contribution in [0, 0.1) is 0 Å². The zero-order valence-electron chi connectivity index (χ0n) is 11.8. The maximum atomic E-state index is 9.89. The SMILES string of the molecule is COc1ccc(O)c(C(C)NCCCc2ncn[nH]2)c1. The van der Waals surface area contributed by atoms with E-state index in [9.17, 15) is 5.11 Å². The molecule has 0 amide bonds. The Morgan fingerprint density at radius 3 is 3.00 bits per heavy atom. The molecule has 1 aromatic carbocycles. The molecular weight excluding hydrogens is 256 g/mol. The molecule has 2 aromatic rings. The predicted octanol–water partition coefficient (Wildman–Crippen LogP) is 1.80. The standard InChI is InChI=1S/C14H20N4O2/c1-10(12-8-11(20-2)5-6-13(12)19)15-7-3-4-14-16-9-17-18-14/h5-6,8-10,15,19H,3-4,7H2,1-2H3,(H,16,17,18). The van der Waals surface area contributed by atoms with Gasteiger partial charge in [-0.1, -0.05) is 0 Å². The first-order valence-electron chi connectivity index (χ1n) is 6.65. The number of hydrogen-bond acceptors (Lipinski definition) is 5. The second kappa shape index (κ2) is 6.91. The van der Waals surface area contributed by atoms with Gasteiger partial charge in [0, 0.05) is 18.0 Å². The van der Waals surface area contributed by atoms with Gasteiger partial charge in [-0.05, 0) is 38.1 Å². The number of ether oxygens (including phenoxy) is 1. The third kappa shape index (κ3) is 3.71. The predicted molar refractivity (Wildman–Crippen MR) is 75.8 cm³/mol. The first-order valence-corrected chi connectivity index (χ1v) is 6.65. The van der Waals surface area contributed by atoms with Gasteiger partial charge in [0.25, 0.3) is 0 Å². The summed E-state index contributed by atoms with van der Waals surface area (Å²) >= 11 is 0. The fourth-order valence-electron chi connectivity index (χ4n) is 2.04. The number of phenolic OH excluding ortho intramolecular Hbond substituents is 1. The molecule has 1 heterocycles. The first-order chi connectivity index (χ1) is 9.70. The van der Waals surface area contributed by atoms with Crippen LogP contribution in [0.15, 0.2) is 24.5 Å². The van der Waals surface area contributed by atoms with Crippen LogP contribution >= 0.6 is 0 Å². The van der Waals surface area contributed by atoms with Crippen LogP contribution in [-0.2, 0) is 6.42 Å². The van der Waals surface area contributed by atoms with Crippen molar-refractivity contribution in [2.45, 2.75) is 25.8 Å². The maximum Gasteiger partial charge on any atom is 0.137 e. The van der Waals surface area contributed by atoms with E-state index in [1.165, 1.54) is 6.33 Å². The van der Waals surface area contributed by atoms with E-state index in [0.29, 0.717) is 0 Å². The van der Waals surface area contributed by atoms with Gasteiger partial charge in [0.2, 0.25) is 0 Å². The lowest BCUT2D eigenvalue weighted by Crippen LogP contribution is -2.20. The normalized spacial score (nSPS) is 12.3. The smallest absolute Gasteiger partial charge is 0.137 e. The fourth-order valence-corrected chi connectivity index (χ4v) is 2.04. The number of aromatic nitrogens is 3. The van der Waals surface area contributed by atoms with Crippen molar-refractivity contribution in [3.8, 4) is 11.5 Å². The average Bonchev–Trinajstić information content (AvgIpc) is 2.97. The monoisotopic (exact) mass is 276 g/mol. The van der Waals surface area contributed by atoms with Crippen LogP contribution in [0.25, 0.3) is 0 Å². The summed E-state index contributed by atoms with van der Waals surface area (Å²) in [6.45, 7) is 2.85. The first kappa shape index (κ1) is 14.3. The molecule has 0 spiro atoms. The summed E-state index contributed by atoms with van der Waals surface area (Å²) in [6, 6.07) is 5.31. The van der Waals surface area contributed by atoms with Gasteiger partial charge in [0.05, 0.1) is 7.11 Å². The number of benzene rings is 1. The van der Waals surface area contributed by atoms with Crippen molar-refractivity contribution in [1.82, 2.24) is 20.5 Å². The molecule has 0 aliphatic heterocycles. The molecule has 6 heteroatoms. The van der Waals surface area contributed by atoms with Gasteiger partial charge in [0.1, 0.15) is 23.7 Å². The van der Waals surface area contributed by atoms with E-state index in [1.807, 2.05) is 13.0 Å². The van der Waals surface area contributed by atoms with Gasteiger partial charge in [-0.25, -0.2) is 4.98 Å². The minimum atomic E-state index is 0.0554. The summed E-state index contributed by atoms with van der Waals surface area (Å²) in [7, 11) is 1.62. The number of aromatic amines is 1. The molecule has 0 saturated carbocycles. The molecule has 0 saturated heterocycles. The van der Waals surface area contributed by atoms with Crippen molar-refractivity contribution in [3.05, 3.63) is 35.9 Å². The van der Waals surface area contributed by atoms with E-state index >= 15 is 0 Å². The zero-order valence-corrected chi connectivity index (χ0v) is 11.8. The highest BCUT2D eigenvalue weighted by Crippen LogP contribution is 2.28. The van der Waals surface area contributed by atoms with Crippen LogP contribution in [-0.4, -0.2) is 33.9 Å². The summed E-state index contributed by atoms with van der Waals surface area (Å²) < 4.78 is 5.18. The van der Waals surface area contributed by atoms with Crippen LogP contribution in [0.1, 0.15) is 30.8 Å². The fraction of sp³-hybridized carbons (Fsp3) is 0.429. The van der Waals surface area contributed by atoms with Gasteiger partial charge >= 0.3 is 0 Å². The second-order valence-electron chi connectivity index (χ2n) is 4.64. The quantitative estimate of drug-likeness (QED) is 0.672. The van der Waals surface area contributed by atoms with Crippen molar-refractivity contribution in [2.24, 2.45) is 0 Å². The Bertz CT molecular complexity index is 528. The third-order valence-corrected chi connectivity index (χ3v) is 3.21. The molecule has 0 bridgehead atoms. The van der Waals surface area contributed by atoms with E-state index in [2.05, 4.69) is 20.5 Å². The molecule has 0 fully saturated rings. The Labute approximate surface area is 118 Å². The highest BCUT2D eigenvalue weighted by atomic mass is 16.5. The lowest BCUT2D eigenvalue weighted by molar-refractivity contribution is 0.407. The lowest BCUT2D eigenvalue weighted by Gasteiger charge is -2.16. The minimum Gasteiger partial charge on any atom is -0.508 e. The van der Waals surface area contributed by atoms with Gasteiger partial charge in [0.15, 0.2) is 0 Å². The Kier molecular flexibility index (Phi) is 4.95. The van der Waals surface area contributed by atoms with Crippen LogP contribution in [0.2, 0.25) is 0 Å². The van der Waals surface area contributed by atoms with Crippen LogP contribution in [0.5, 0.6) is 11.5 Å². The molecule has 2 rings (SSSR count). The molecular formula is C14H20N4O2. The molecule has 3 N–H and O–H groups in total. The largest absolute Gasteiger partial charge is 0.508 e. The van der Waals surface area contributed by atoms with Crippen molar-refractivity contribution in [3.63, 3.8) is 0 Å². The Morgan fingerprint density at radius 2 is 2.30 bits per heavy atom. The molecule has 1 aromatic heterocycles. The highest BCUT2D eigenvalue weighted by molar-refractivity contribution is 5.41. The number of methoxy groups -OCH3 is 1. The van der Waals surface area contributed by atoms with Crippen LogP contribution in [0.4, 0.5) is 0 Å². The Balaban J connectivity index is 1.83. The number of aryl methyl sites for hydroxylation is 1. The molecule has 108 valence electrons. The summed E-state index contributed by atoms with van der Waals surface area (Å²) in [5, 5.41) is 19.9. The molecule has 1 atom stereocenters. The molecule has 0 aliphatic carbocycles. The van der Waals surface area contributed by atoms with E-state index < -0.39 is 0 Å². The van der Waals surface area contributed by atoms with Crippen molar-refractivity contribution < 1.29 is 9.84 Å². The number of hydrogen-bond donors (Lipinski definition) is 3. The lowest BCUT2D eigenvalue weighted by atomic mass is 10.1. The number of H-pyrrole nitrogens is 1. The second-order valence-corrected chi connectivity index (χ2v) is 4.64. The van der Waals surface area contributed by atoms with Gasteiger partial charge in [-0.15, -0.1) is 0 Å². The van der Waals surface area contributed by atoms with Crippen molar-refractivity contribution >= 4 is 0 Å². The highest BCUT2D eigenvalue weighted by Gasteiger charge is 2.11. The van der Waals surface area contributed by atoms with Gasteiger partial charge in [-0.2, -0.15) is 5.10 Å². The van der Waals surface area contributed by atoms with E-state index in [0.717, 1.165) is 36.5 Å². The summed E-state index contributed by atoms with van der Waals surface area (Å²) in [5.74, 6) is 1.91. The Hall–Kier alpha value is -2.08. The topological polar surface area (TPSA) is 83.1 Å². The van der Waals surface area contributed by atoms with Crippen molar-refractivity contribution in [1.29, 1.82) is 0 Å². The summed E-state index contributed by atoms with van der Waals surface area (Å²) in [6.07, 6.45) is 3.31. The molecule has 1 unspecified atom stereocenters. The third-order valence-electron chi connectivity index (χ3n) is 3.21. The van der Waals surface area contributed by atoms with E-state index in [-0.39, 0.29) is 11.8 Å². The molecule has 20 heavy (non-hydrogen) atoms. The zero-order chi connectivity index (χ0) is 14.4. The van der Waals surface area contributed by atoms with E-state index in [1.54, 1.807) is 19.2 Å². The van der Waals surface area contributed by atoms with Gasteiger partial charge < -0.3 is 15.2 Å². The van der Waals surface area contributed by atoms with Crippen molar-refractivity contribution in [2.75, 3.05) is 13.7 Å². The number of rotatable bonds is 7. The van der Waals surface area contributed by atoms with Gasteiger partial charge in [-0.3, -0.25) is 5.10 Å². The number of nitrogens with zero attached hydrogens (tertiary/aromatic N) is 2.